The molecule has 116 valence electrons. The number of amides is 1. The zero-order chi connectivity index (χ0) is 16.5. The summed E-state index contributed by atoms with van der Waals surface area (Å²) in [6, 6.07) is 16.2. The summed E-state index contributed by atoms with van der Waals surface area (Å²) in [6.45, 7) is 0. The summed E-state index contributed by atoms with van der Waals surface area (Å²) in [7, 11) is 0. The Hall–Kier alpha value is -3.17. The lowest BCUT2D eigenvalue weighted by atomic mass is 10.1. The summed E-state index contributed by atoms with van der Waals surface area (Å²) >= 11 is 1.39. The second-order valence-corrected chi connectivity index (χ2v) is 6.27. The maximum atomic E-state index is 12.3. The fourth-order valence-corrected chi connectivity index (χ4v) is 3.53. The third kappa shape index (κ3) is 2.51. The van der Waals surface area contributed by atoms with E-state index in [1.165, 1.54) is 11.3 Å². The molecular weight excluding hydrogens is 320 g/mol. The maximum Gasteiger partial charge on any atom is 0.230 e. The largest absolute Gasteiger partial charge is 0.308 e. The van der Waals surface area contributed by atoms with Crippen LogP contribution in [-0.4, -0.2) is 15.3 Å². The van der Waals surface area contributed by atoms with Gasteiger partial charge in [0.1, 0.15) is 22.9 Å². The average molecular weight is 332 g/mol. The van der Waals surface area contributed by atoms with Gasteiger partial charge in [0.2, 0.25) is 5.91 Å². The first-order valence-electron chi connectivity index (χ1n) is 7.37. The van der Waals surface area contributed by atoms with Crippen LogP contribution in [0.5, 0.6) is 0 Å². The molecule has 0 aliphatic carbocycles. The van der Waals surface area contributed by atoms with Crippen molar-refractivity contribution in [2.75, 3.05) is 5.32 Å². The molecule has 2 aromatic carbocycles. The Balaban J connectivity index is 1.55. The van der Waals surface area contributed by atoms with Gasteiger partial charge in [0.05, 0.1) is 6.42 Å². The number of imidazole rings is 1. The fourth-order valence-electron chi connectivity index (χ4n) is 2.67. The normalized spacial score (nSPS) is 10.8. The van der Waals surface area contributed by atoms with E-state index in [4.69, 9.17) is 5.26 Å². The smallest absolute Gasteiger partial charge is 0.230 e. The number of nitriles is 1. The minimum atomic E-state index is -0.127. The molecule has 0 radical (unpaired) electrons. The van der Waals surface area contributed by atoms with E-state index >= 15 is 0 Å². The molecule has 1 amide bonds. The number of fused-ring (bicyclic) bond motifs is 2. The van der Waals surface area contributed by atoms with Crippen molar-refractivity contribution >= 4 is 38.7 Å². The van der Waals surface area contributed by atoms with Crippen molar-refractivity contribution in [3.05, 3.63) is 65.4 Å². The molecular formula is C18H12N4OS. The molecule has 0 spiro atoms. The van der Waals surface area contributed by atoms with E-state index < -0.39 is 0 Å². The van der Waals surface area contributed by atoms with Crippen LogP contribution in [0.1, 0.15) is 11.3 Å². The van der Waals surface area contributed by atoms with Crippen LogP contribution in [0.25, 0.3) is 15.6 Å². The predicted octanol–water partition coefficient (Wildman–Crippen LogP) is 3.60. The molecule has 5 nitrogen and oxygen atoms in total. The van der Waals surface area contributed by atoms with Crippen LogP contribution >= 0.6 is 11.3 Å². The molecule has 0 aliphatic heterocycles. The van der Waals surface area contributed by atoms with Gasteiger partial charge in [0.25, 0.3) is 0 Å². The predicted molar refractivity (Wildman–Crippen MR) is 94.1 cm³/mol. The van der Waals surface area contributed by atoms with E-state index in [2.05, 4.69) is 16.4 Å². The van der Waals surface area contributed by atoms with Gasteiger partial charge in [0, 0.05) is 5.38 Å². The summed E-state index contributed by atoms with van der Waals surface area (Å²) in [5.74, 6) is 0.366. The van der Waals surface area contributed by atoms with Gasteiger partial charge in [-0.05, 0) is 16.3 Å². The highest BCUT2D eigenvalue weighted by Crippen LogP contribution is 2.24. The molecule has 1 N–H and O–H groups in total. The minimum Gasteiger partial charge on any atom is -0.308 e. The topological polar surface area (TPSA) is 70.2 Å². The molecule has 6 heteroatoms. The van der Waals surface area contributed by atoms with Gasteiger partial charge in [0.15, 0.2) is 5.82 Å². The molecule has 2 aromatic heterocycles. The molecule has 0 saturated heterocycles. The number of benzene rings is 2. The van der Waals surface area contributed by atoms with Crippen molar-refractivity contribution in [1.82, 2.24) is 9.38 Å². The maximum absolute atomic E-state index is 12.3. The van der Waals surface area contributed by atoms with Crippen LogP contribution in [0.2, 0.25) is 0 Å². The van der Waals surface area contributed by atoms with Gasteiger partial charge in [-0.15, -0.1) is 11.3 Å². The summed E-state index contributed by atoms with van der Waals surface area (Å²) in [5.41, 5.74) is 1.46. The Morgan fingerprint density at radius 1 is 1.25 bits per heavy atom. The van der Waals surface area contributed by atoms with Crippen molar-refractivity contribution < 1.29 is 4.79 Å². The standard InChI is InChI=1S/C18H12N4OS/c19-9-15-10-24-18-17(20-11-22(15)18)21-16(23)8-12-5-6-13-3-1-2-4-14(13)7-12/h1-7,10-11H,8H2,(H,21,23). The lowest BCUT2D eigenvalue weighted by molar-refractivity contribution is -0.115. The highest BCUT2D eigenvalue weighted by atomic mass is 32.1. The molecule has 2 heterocycles. The average Bonchev–Trinajstić information content (AvgIpc) is 3.17. The van der Waals surface area contributed by atoms with Gasteiger partial charge in [-0.1, -0.05) is 42.5 Å². The van der Waals surface area contributed by atoms with Crippen LogP contribution in [0.3, 0.4) is 0 Å². The first kappa shape index (κ1) is 14.4. The number of nitrogens with zero attached hydrogens (tertiary/aromatic N) is 3. The van der Waals surface area contributed by atoms with Crippen LogP contribution in [0.15, 0.2) is 54.2 Å². The summed E-state index contributed by atoms with van der Waals surface area (Å²) < 4.78 is 1.68. The van der Waals surface area contributed by atoms with Gasteiger partial charge in [-0.2, -0.15) is 5.26 Å². The molecule has 4 rings (SSSR count). The number of thiazole rings is 1. The van der Waals surface area contributed by atoms with E-state index in [1.54, 1.807) is 16.1 Å². The van der Waals surface area contributed by atoms with Crippen molar-refractivity contribution in [3.8, 4) is 6.07 Å². The van der Waals surface area contributed by atoms with Crippen LogP contribution in [-0.2, 0) is 11.2 Å². The minimum absolute atomic E-state index is 0.127. The number of hydrogen-bond acceptors (Lipinski definition) is 4. The van der Waals surface area contributed by atoms with Crippen LogP contribution in [0, 0.1) is 11.3 Å². The van der Waals surface area contributed by atoms with Crippen LogP contribution in [0.4, 0.5) is 5.82 Å². The number of carbonyl (C=O) groups excluding carboxylic acids is 1. The molecule has 0 atom stereocenters. The van der Waals surface area contributed by atoms with E-state index in [-0.39, 0.29) is 12.3 Å². The molecule has 0 fully saturated rings. The lowest BCUT2D eigenvalue weighted by Crippen LogP contribution is -2.14. The first-order chi connectivity index (χ1) is 11.7. The van der Waals surface area contributed by atoms with Crippen molar-refractivity contribution in [1.29, 1.82) is 5.26 Å². The van der Waals surface area contributed by atoms with Crippen molar-refractivity contribution in [2.45, 2.75) is 6.42 Å². The SMILES string of the molecule is N#Cc1csc2c(NC(=O)Cc3ccc4ccccc4c3)ncn12. The van der Waals surface area contributed by atoms with E-state index in [9.17, 15) is 4.79 Å². The zero-order valence-electron chi connectivity index (χ0n) is 12.6. The monoisotopic (exact) mass is 332 g/mol. The lowest BCUT2D eigenvalue weighted by Gasteiger charge is -2.04. The Labute approximate surface area is 141 Å². The number of aromatic nitrogens is 2. The van der Waals surface area contributed by atoms with Gasteiger partial charge in [-0.3, -0.25) is 9.20 Å². The summed E-state index contributed by atoms with van der Waals surface area (Å²) in [6.07, 6.45) is 1.83. The van der Waals surface area contributed by atoms with E-state index in [0.29, 0.717) is 11.5 Å². The quantitative estimate of drug-likeness (QED) is 0.623. The number of carbonyl (C=O) groups is 1. The number of nitrogens with one attached hydrogen (secondary N) is 1. The number of hydrogen-bond donors (Lipinski definition) is 1. The Morgan fingerprint density at radius 3 is 2.92 bits per heavy atom. The molecule has 4 aromatic rings. The number of rotatable bonds is 3. The fraction of sp³-hybridized carbons (Fsp3) is 0.0556. The molecule has 0 unspecified atom stereocenters. The zero-order valence-corrected chi connectivity index (χ0v) is 13.4. The van der Waals surface area contributed by atoms with Crippen molar-refractivity contribution in [2.24, 2.45) is 0 Å². The van der Waals surface area contributed by atoms with E-state index in [0.717, 1.165) is 21.2 Å². The highest BCUT2D eigenvalue weighted by molar-refractivity contribution is 7.16. The Morgan fingerprint density at radius 2 is 2.08 bits per heavy atom. The van der Waals surface area contributed by atoms with Gasteiger partial charge in [-0.25, -0.2) is 4.98 Å². The molecule has 0 aliphatic rings. The second-order valence-electron chi connectivity index (χ2n) is 5.41. The number of anilines is 1. The Kier molecular flexibility index (Phi) is 3.48. The second kappa shape index (κ2) is 5.80. The first-order valence-corrected chi connectivity index (χ1v) is 8.25. The Bertz CT molecular complexity index is 1100. The van der Waals surface area contributed by atoms with Gasteiger partial charge < -0.3 is 5.32 Å². The highest BCUT2D eigenvalue weighted by Gasteiger charge is 2.13. The van der Waals surface area contributed by atoms with Gasteiger partial charge >= 0.3 is 0 Å². The third-order valence-corrected chi connectivity index (χ3v) is 4.77. The molecule has 24 heavy (non-hydrogen) atoms. The molecule has 0 bridgehead atoms. The molecule has 0 saturated carbocycles. The van der Waals surface area contributed by atoms with Crippen LogP contribution < -0.4 is 5.32 Å². The summed E-state index contributed by atoms with van der Waals surface area (Å²) in [5, 5.41) is 15.9. The third-order valence-electron chi connectivity index (χ3n) is 3.82. The summed E-state index contributed by atoms with van der Waals surface area (Å²) in [4.78, 5) is 17.3. The van der Waals surface area contributed by atoms with Crippen molar-refractivity contribution in [3.63, 3.8) is 0 Å². The van der Waals surface area contributed by atoms with E-state index in [1.807, 2.05) is 42.5 Å².